The zero-order chi connectivity index (χ0) is 29.0. The average molecular weight is 557 g/mol. The lowest BCUT2D eigenvalue weighted by Crippen LogP contribution is -2.26. The molecule has 2 aromatic heterocycles. The Morgan fingerprint density at radius 3 is 1.73 bits per heavy atom. The molecule has 0 aliphatic rings. The number of phenolic OH excluding ortho intramolecular Hbond substituents is 1. The number of nitrogens with zero attached hydrogens (tertiary/aromatic N) is 5. The summed E-state index contributed by atoms with van der Waals surface area (Å²) in [6.45, 7) is 14.1. The van der Waals surface area contributed by atoms with Crippen molar-refractivity contribution < 1.29 is 9.63 Å². The van der Waals surface area contributed by atoms with Gasteiger partial charge in [-0.1, -0.05) is 32.9 Å². The van der Waals surface area contributed by atoms with Crippen LogP contribution in [0, 0.1) is 0 Å². The minimum Gasteiger partial charge on any atom is -0.507 e. The number of benzene rings is 2. The predicted octanol–water partition coefficient (Wildman–Crippen LogP) is 7.49. The normalized spacial score (nSPS) is 11.5. The fourth-order valence-electron chi connectivity index (χ4n) is 5.17. The van der Waals surface area contributed by atoms with Crippen molar-refractivity contribution in [3.8, 4) is 28.6 Å². The lowest BCUT2D eigenvalue weighted by Gasteiger charge is -2.25. The molecule has 8 heteroatoms. The molecule has 0 saturated heterocycles. The topological polar surface area (TPSA) is 90.6 Å². The Labute approximate surface area is 244 Å². The summed E-state index contributed by atoms with van der Waals surface area (Å²) >= 11 is 0. The van der Waals surface area contributed by atoms with Crippen LogP contribution >= 0.6 is 0 Å². The molecule has 0 atom stereocenters. The second-order valence-corrected chi connectivity index (χ2v) is 10.6. The van der Waals surface area contributed by atoms with E-state index in [-0.39, 0.29) is 0 Å². The SMILES string of the molecule is CCCN(CCC)Cc1cc(-c2noc(-c3ccc(Nc4ccncc4)cc3)n2)cc(CN(CCC)CCC)c1O. The lowest BCUT2D eigenvalue weighted by atomic mass is 10.0. The van der Waals surface area contributed by atoms with E-state index in [9.17, 15) is 5.11 Å². The monoisotopic (exact) mass is 556 g/mol. The van der Waals surface area contributed by atoms with Gasteiger partial charge in [0.15, 0.2) is 0 Å². The van der Waals surface area contributed by atoms with Gasteiger partial charge in [-0.05, 0) is 100 Å². The van der Waals surface area contributed by atoms with E-state index in [1.165, 1.54) is 0 Å². The molecule has 218 valence electrons. The zero-order valence-corrected chi connectivity index (χ0v) is 24.9. The van der Waals surface area contributed by atoms with E-state index in [1.54, 1.807) is 12.4 Å². The van der Waals surface area contributed by atoms with Crippen LogP contribution in [0.5, 0.6) is 5.75 Å². The van der Waals surface area contributed by atoms with Crippen molar-refractivity contribution in [2.45, 2.75) is 66.5 Å². The van der Waals surface area contributed by atoms with Crippen LogP contribution in [0.15, 0.2) is 65.4 Å². The summed E-state index contributed by atoms with van der Waals surface area (Å²) in [4.78, 5) is 13.6. The first-order valence-electron chi connectivity index (χ1n) is 15.0. The molecule has 0 aliphatic carbocycles. The van der Waals surface area contributed by atoms with Gasteiger partial charge < -0.3 is 14.9 Å². The fourth-order valence-corrected chi connectivity index (χ4v) is 5.17. The maximum Gasteiger partial charge on any atom is 0.258 e. The molecule has 0 amide bonds. The van der Waals surface area contributed by atoms with Gasteiger partial charge in [0, 0.05) is 59.1 Å². The van der Waals surface area contributed by atoms with Crippen molar-refractivity contribution in [2.75, 3.05) is 31.5 Å². The van der Waals surface area contributed by atoms with Gasteiger partial charge in [-0.3, -0.25) is 14.8 Å². The van der Waals surface area contributed by atoms with Crippen LogP contribution < -0.4 is 5.32 Å². The highest BCUT2D eigenvalue weighted by molar-refractivity contribution is 5.66. The minimum atomic E-state index is 0.379. The third-order valence-corrected chi connectivity index (χ3v) is 7.00. The van der Waals surface area contributed by atoms with E-state index in [2.05, 4.69) is 53.0 Å². The highest BCUT2D eigenvalue weighted by Gasteiger charge is 2.19. The van der Waals surface area contributed by atoms with Crippen LogP contribution in [0.4, 0.5) is 11.4 Å². The van der Waals surface area contributed by atoms with E-state index in [0.717, 1.165) is 85.5 Å². The maximum absolute atomic E-state index is 11.4. The zero-order valence-electron chi connectivity index (χ0n) is 24.9. The molecule has 0 radical (unpaired) electrons. The van der Waals surface area contributed by atoms with Crippen molar-refractivity contribution >= 4 is 11.4 Å². The van der Waals surface area contributed by atoms with Crippen LogP contribution in [0.2, 0.25) is 0 Å². The van der Waals surface area contributed by atoms with Gasteiger partial charge in [-0.2, -0.15) is 4.98 Å². The van der Waals surface area contributed by atoms with Crippen molar-refractivity contribution in [3.05, 3.63) is 72.1 Å². The second kappa shape index (κ2) is 15.3. The number of pyridine rings is 1. The molecule has 8 nitrogen and oxygen atoms in total. The smallest absolute Gasteiger partial charge is 0.258 e. The van der Waals surface area contributed by atoms with E-state index in [1.807, 2.05) is 48.5 Å². The van der Waals surface area contributed by atoms with Crippen LogP contribution in [0.3, 0.4) is 0 Å². The van der Waals surface area contributed by atoms with Gasteiger partial charge in [0.1, 0.15) is 5.75 Å². The quantitative estimate of drug-likeness (QED) is 0.147. The second-order valence-electron chi connectivity index (χ2n) is 10.6. The molecular formula is C33H44N6O2. The molecule has 2 N–H and O–H groups in total. The summed E-state index contributed by atoms with van der Waals surface area (Å²) in [5, 5.41) is 19.1. The minimum absolute atomic E-state index is 0.379. The van der Waals surface area contributed by atoms with E-state index in [0.29, 0.717) is 30.6 Å². The lowest BCUT2D eigenvalue weighted by molar-refractivity contribution is 0.255. The molecule has 4 aromatic rings. The van der Waals surface area contributed by atoms with Crippen molar-refractivity contribution in [2.24, 2.45) is 0 Å². The van der Waals surface area contributed by atoms with Gasteiger partial charge >= 0.3 is 0 Å². The van der Waals surface area contributed by atoms with E-state index >= 15 is 0 Å². The van der Waals surface area contributed by atoms with Crippen LogP contribution in [-0.4, -0.2) is 56.2 Å². The Morgan fingerprint density at radius 2 is 1.22 bits per heavy atom. The Bertz CT molecular complexity index is 1290. The fraction of sp³-hybridized carbons (Fsp3) is 0.424. The largest absolute Gasteiger partial charge is 0.507 e. The number of anilines is 2. The highest BCUT2D eigenvalue weighted by atomic mass is 16.5. The third-order valence-electron chi connectivity index (χ3n) is 7.00. The Kier molecular flexibility index (Phi) is 11.3. The first-order chi connectivity index (χ1) is 20.0. The Hall–Kier alpha value is -3.75. The molecule has 2 heterocycles. The number of aromatic nitrogens is 3. The van der Waals surface area contributed by atoms with E-state index in [4.69, 9.17) is 9.51 Å². The number of phenols is 1. The standard InChI is InChI=1S/C33H44N6O2/c1-5-17-38(18-6-2)23-27-21-26(22-28(31(27)40)24-39(19-7-3)20-8-4)32-36-33(41-37-32)25-9-11-29(12-10-25)35-30-13-15-34-16-14-30/h9-16,21-22,40H,5-8,17-20,23-24H2,1-4H3,(H,34,35). The van der Waals surface area contributed by atoms with Gasteiger partial charge in [-0.25, -0.2) is 0 Å². The van der Waals surface area contributed by atoms with Gasteiger partial charge in [0.25, 0.3) is 5.89 Å². The average Bonchev–Trinajstić information content (AvgIpc) is 3.47. The molecule has 0 fully saturated rings. The summed E-state index contributed by atoms with van der Waals surface area (Å²) in [7, 11) is 0. The summed E-state index contributed by atoms with van der Waals surface area (Å²) in [6.07, 6.45) is 7.79. The molecule has 0 saturated carbocycles. The molecule has 0 bridgehead atoms. The Morgan fingerprint density at radius 1 is 0.707 bits per heavy atom. The summed E-state index contributed by atoms with van der Waals surface area (Å²) in [5.41, 5.74) is 5.45. The third kappa shape index (κ3) is 8.38. The van der Waals surface area contributed by atoms with Crippen molar-refractivity contribution in [3.63, 3.8) is 0 Å². The Balaban J connectivity index is 1.62. The van der Waals surface area contributed by atoms with Crippen molar-refractivity contribution in [1.29, 1.82) is 0 Å². The number of rotatable bonds is 16. The number of hydrogen-bond donors (Lipinski definition) is 2. The molecule has 41 heavy (non-hydrogen) atoms. The summed E-state index contributed by atoms with van der Waals surface area (Å²) < 4.78 is 5.72. The number of hydrogen-bond acceptors (Lipinski definition) is 8. The molecule has 0 aliphatic heterocycles. The van der Waals surface area contributed by atoms with Gasteiger partial charge in [-0.15, -0.1) is 0 Å². The van der Waals surface area contributed by atoms with Crippen molar-refractivity contribution in [1.82, 2.24) is 24.9 Å². The summed E-state index contributed by atoms with van der Waals surface area (Å²) in [5.74, 6) is 1.37. The predicted molar refractivity (Wildman–Crippen MR) is 166 cm³/mol. The van der Waals surface area contributed by atoms with Gasteiger partial charge in [0.05, 0.1) is 0 Å². The number of nitrogens with one attached hydrogen (secondary N) is 1. The molecule has 2 aromatic carbocycles. The number of aromatic hydroxyl groups is 1. The van der Waals surface area contributed by atoms with Gasteiger partial charge in [0.2, 0.25) is 5.82 Å². The van der Waals surface area contributed by atoms with Crippen LogP contribution in [0.25, 0.3) is 22.8 Å². The first kappa shape index (κ1) is 30.2. The van der Waals surface area contributed by atoms with Crippen LogP contribution in [-0.2, 0) is 13.1 Å². The van der Waals surface area contributed by atoms with E-state index < -0.39 is 0 Å². The molecule has 0 unspecified atom stereocenters. The highest BCUT2D eigenvalue weighted by Crippen LogP contribution is 2.32. The molecular weight excluding hydrogens is 512 g/mol. The molecule has 4 rings (SSSR count). The summed E-state index contributed by atoms with van der Waals surface area (Å²) in [6, 6.07) is 15.8. The molecule has 0 spiro atoms. The maximum atomic E-state index is 11.4. The first-order valence-corrected chi connectivity index (χ1v) is 15.0. The van der Waals surface area contributed by atoms with Crippen LogP contribution in [0.1, 0.15) is 64.5 Å².